The van der Waals surface area contributed by atoms with Crippen LogP contribution in [0.3, 0.4) is 0 Å². The van der Waals surface area contributed by atoms with Gasteiger partial charge in [-0.25, -0.2) is 5.09 Å². The standard InChI is InChI=1S/C16H26NO5P.C2H6.H2/c1-12(2)20-11-23(19,22-15-9-7-6-8-10-15)17-14(5)16(18)21-13(3)4;1-2;/h6-10,12-14H,11H2,1-5H3,(H,17,19);1-2H3;1H. The molecule has 1 aromatic rings. The first kappa shape index (κ1) is 23.6. The topological polar surface area (TPSA) is 73.9 Å². The Balaban J connectivity index is 0. The van der Waals surface area contributed by atoms with E-state index in [1.165, 1.54) is 0 Å². The van der Waals surface area contributed by atoms with Crippen LogP contribution in [-0.4, -0.2) is 30.6 Å². The summed E-state index contributed by atoms with van der Waals surface area (Å²) in [5.41, 5.74) is 0. The van der Waals surface area contributed by atoms with E-state index in [2.05, 4.69) is 5.09 Å². The maximum absolute atomic E-state index is 13.0. The number of hydrogen-bond donors (Lipinski definition) is 1. The van der Waals surface area contributed by atoms with Crippen molar-refractivity contribution in [3.8, 4) is 5.75 Å². The second-order valence-electron chi connectivity index (χ2n) is 5.76. The SMILES string of the molecule is CC.CC(C)OCP(=O)(NC(C)C(=O)OC(C)C)Oc1ccccc1.[HH]. The highest BCUT2D eigenvalue weighted by Crippen LogP contribution is 2.43. The molecule has 0 aliphatic rings. The molecule has 1 N–H and O–H groups in total. The number of carbonyl (C=O) groups excluding carboxylic acids is 1. The second kappa shape index (κ2) is 12.1. The molecule has 25 heavy (non-hydrogen) atoms. The number of esters is 1. The third-order valence-electron chi connectivity index (χ3n) is 2.67. The molecule has 2 atom stereocenters. The Morgan fingerprint density at radius 1 is 1.08 bits per heavy atom. The third kappa shape index (κ3) is 10.3. The normalized spacial score (nSPS) is 14.3. The predicted octanol–water partition coefficient (Wildman–Crippen LogP) is 4.84. The molecule has 0 aromatic heterocycles. The van der Waals surface area contributed by atoms with Gasteiger partial charge in [-0.1, -0.05) is 32.0 Å². The number of hydrogen-bond acceptors (Lipinski definition) is 5. The number of rotatable bonds is 9. The third-order valence-corrected chi connectivity index (χ3v) is 4.45. The Kier molecular flexibility index (Phi) is 11.4. The second-order valence-corrected chi connectivity index (χ2v) is 7.80. The zero-order valence-electron chi connectivity index (χ0n) is 16.3. The summed E-state index contributed by atoms with van der Waals surface area (Å²) in [7, 11) is -3.42. The Bertz CT molecular complexity index is 540. The minimum Gasteiger partial charge on any atom is -0.462 e. The van der Waals surface area contributed by atoms with E-state index in [9.17, 15) is 9.36 Å². The number of para-hydroxylation sites is 1. The lowest BCUT2D eigenvalue weighted by Crippen LogP contribution is -2.36. The Hall–Kier alpha value is -1.36. The summed E-state index contributed by atoms with van der Waals surface area (Å²) in [6.45, 7) is 12.8. The fourth-order valence-electron chi connectivity index (χ4n) is 1.67. The van der Waals surface area contributed by atoms with E-state index in [1.54, 1.807) is 45.0 Å². The molecule has 0 aliphatic carbocycles. The average Bonchev–Trinajstić information content (AvgIpc) is 2.55. The van der Waals surface area contributed by atoms with Crippen LogP contribution in [-0.2, 0) is 18.8 Å². The fourth-order valence-corrected chi connectivity index (χ4v) is 3.50. The molecule has 0 bridgehead atoms. The maximum Gasteiger partial charge on any atom is 0.342 e. The monoisotopic (exact) mass is 375 g/mol. The lowest BCUT2D eigenvalue weighted by atomic mass is 10.3. The van der Waals surface area contributed by atoms with Crippen molar-refractivity contribution in [3.63, 3.8) is 0 Å². The van der Waals surface area contributed by atoms with E-state index < -0.39 is 19.5 Å². The lowest BCUT2D eigenvalue weighted by Gasteiger charge is -2.24. The van der Waals surface area contributed by atoms with Gasteiger partial charge < -0.3 is 14.0 Å². The van der Waals surface area contributed by atoms with Gasteiger partial charge in [0.05, 0.1) is 12.2 Å². The van der Waals surface area contributed by atoms with Gasteiger partial charge in [-0.2, -0.15) is 0 Å². The van der Waals surface area contributed by atoms with Gasteiger partial charge in [0.2, 0.25) is 0 Å². The molecular formula is C18H34NO5P. The zero-order valence-corrected chi connectivity index (χ0v) is 17.2. The van der Waals surface area contributed by atoms with Crippen molar-refractivity contribution < 1.29 is 24.8 Å². The van der Waals surface area contributed by atoms with E-state index >= 15 is 0 Å². The van der Waals surface area contributed by atoms with Crippen LogP contribution < -0.4 is 9.61 Å². The quantitative estimate of drug-likeness (QED) is 0.492. The molecule has 0 saturated heterocycles. The van der Waals surface area contributed by atoms with Gasteiger partial charge in [0.15, 0.2) is 0 Å². The van der Waals surface area contributed by atoms with Gasteiger partial charge in [0, 0.05) is 1.43 Å². The van der Waals surface area contributed by atoms with Crippen molar-refractivity contribution in [2.45, 2.75) is 66.7 Å². The summed E-state index contributed by atoms with van der Waals surface area (Å²) in [5, 5.41) is 2.74. The van der Waals surface area contributed by atoms with Crippen LogP contribution in [0.4, 0.5) is 0 Å². The van der Waals surface area contributed by atoms with Crippen LogP contribution in [0.1, 0.15) is 49.9 Å². The highest BCUT2D eigenvalue weighted by molar-refractivity contribution is 7.57. The number of benzene rings is 1. The summed E-state index contributed by atoms with van der Waals surface area (Å²) >= 11 is 0. The summed E-state index contributed by atoms with van der Waals surface area (Å²) in [5.74, 6) is -0.0402. The van der Waals surface area contributed by atoms with Crippen LogP contribution >= 0.6 is 7.52 Å². The summed E-state index contributed by atoms with van der Waals surface area (Å²) in [6, 6.07) is 8.00. The lowest BCUT2D eigenvalue weighted by molar-refractivity contribution is -0.149. The minimum absolute atomic E-state index is 0. The van der Waals surface area contributed by atoms with Crippen molar-refractivity contribution in [1.29, 1.82) is 0 Å². The predicted molar refractivity (Wildman–Crippen MR) is 103 cm³/mol. The Morgan fingerprint density at radius 3 is 2.12 bits per heavy atom. The van der Waals surface area contributed by atoms with Gasteiger partial charge >= 0.3 is 13.5 Å². The molecule has 0 spiro atoms. The van der Waals surface area contributed by atoms with Crippen LogP contribution in [0.15, 0.2) is 30.3 Å². The van der Waals surface area contributed by atoms with Gasteiger partial charge in [0.1, 0.15) is 18.1 Å². The van der Waals surface area contributed by atoms with Gasteiger partial charge in [-0.3, -0.25) is 9.36 Å². The van der Waals surface area contributed by atoms with Crippen molar-refractivity contribution in [1.82, 2.24) is 5.09 Å². The van der Waals surface area contributed by atoms with Crippen molar-refractivity contribution in [3.05, 3.63) is 30.3 Å². The number of nitrogens with one attached hydrogen (secondary N) is 1. The molecule has 6 nitrogen and oxygen atoms in total. The summed E-state index contributed by atoms with van der Waals surface area (Å²) < 4.78 is 29.2. The van der Waals surface area contributed by atoms with E-state index in [0.29, 0.717) is 5.75 Å². The first-order valence-corrected chi connectivity index (χ1v) is 10.5. The largest absolute Gasteiger partial charge is 0.462 e. The molecule has 0 heterocycles. The van der Waals surface area contributed by atoms with Crippen LogP contribution in [0, 0.1) is 0 Å². The van der Waals surface area contributed by atoms with Crippen LogP contribution in [0.2, 0.25) is 0 Å². The van der Waals surface area contributed by atoms with E-state index in [0.717, 1.165) is 0 Å². The van der Waals surface area contributed by atoms with Crippen LogP contribution in [0.5, 0.6) is 5.75 Å². The molecule has 146 valence electrons. The number of carbonyl (C=O) groups is 1. The molecule has 0 fully saturated rings. The maximum atomic E-state index is 13.0. The van der Waals surface area contributed by atoms with E-state index in [-0.39, 0.29) is 20.0 Å². The van der Waals surface area contributed by atoms with Gasteiger partial charge in [-0.05, 0) is 46.8 Å². The molecule has 0 saturated carbocycles. The van der Waals surface area contributed by atoms with Crippen molar-refractivity contribution >= 4 is 13.5 Å². The van der Waals surface area contributed by atoms with Crippen molar-refractivity contribution in [2.24, 2.45) is 0 Å². The van der Waals surface area contributed by atoms with Crippen molar-refractivity contribution in [2.75, 3.05) is 6.35 Å². The molecule has 0 radical (unpaired) electrons. The molecular weight excluding hydrogens is 341 g/mol. The van der Waals surface area contributed by atoms with E-state index in [1.807, 2.05) is 33.8 Å². The highest BCUT2D eigenvalue weighted by Gasteiger charge is 2.31. The summed E-state index contributed by atoms with van der Waals surface area (Å²) in [6.07, 6.45) is -0.491. The fraction of sp³-hybridized carbons (Fsp3) is 0.611. The summed E-state index contributed by atoms with van der Waals surface area (Å²) in [4.78, 5) is 11.9. The molecule has 1 aromatic carbocycles. The van der Waals surface area contributed by atoms with Crippen LogP contribution in [0.25, 0.3) is 0 Å². The molecule has 0 aliphatic heterocycles. The average molecular weight is 375 g/mol. The zero-order chi connectivity index (χ0) is 19.5. The minimum atomic E-state index is -3.42. The first-order valence-electron chi connectivity index (χ1n) is 8.65. The van der Waals surface area contributed by atoms with Gasteiger partial charge in [-0.15, -0.1) is 0 Å². The molecule has 0 amide bonds. The number of ether oxygens (including phenoxy) is 2. The molecule has 7 heteroatoms. The van der Waals surface area contributed by atoms with E-state index in [4.69, 9.17) is 14.0 Å². The smallest absolute Gasteiger partial charge is 0.342 e. The molecule has 1 rings (SSSR count). The Labute approximate surface area is 153 Å². The first-order chi connectivity index (χ1) is 11.7. The highest BCUT2D eigenvalue weighted by atomic mass is 31.2. The Morgan fingerprint density at radius 2 is 1.64 bits per heavy atom. The van der Waals surface area contributed by atoms with Gasteiger partial charge in [0.25, 0.3) is 0 Å². The molecule has 2 unspecified atom stereocenters.